The number of halogens is 3. The zero-order chi connectivity index (χ0) is 16.3. The van der Waals surface area contributed by atoms with Crippen LogP contribution in [-0.2, 0) is 19.1 Å². The van der Waals surface area contributed by atoms with Crippen LogP contribution in [0.1, 0.15) is 18.2 Å². The smallest absolute Gasteiger partial charge is 0.289 e. The number of alkyl halides is 3. The molecule has 1 aromatic carbocycles. The quantitative estimate of drug-likeness (QED) is 0.808. The van der Waals surface area contributed by atoms with Gasteiger partial charge in [0.15, 0.2) is 5.69 Å². The molecule has 116 valence electrons. The molecule has 3 nitrogen and oxygen atoms in total. The fraction of sp³-hybridized carbons (Fsp3) is 0.250. The van der Waals surface area contributed by atoms with Gasteiger partial charge in [0.05, 0.1) is 0 Å². The van der Waals surface area contributed by atoms with Crippen molar-refractivity contribution in [3.63, 3.8) is 0 Å². The van der Waals surface area contributed by atoms with Gasteiger partial charge in [0, 0.05) is 17.7 Å². The minimum absolute atomic E-state index is 0.00461. The lowest BCUT2D eigenvalue weighted by Crippen LogP contribution is -2.30. The maximum absolute atomic E-state index is 13.2. The maximum Gasteiger partial charge on any atom is 0.433 e. The van der Waals surface area contributed by atoms with Gasteiger partial charge in [-0.1, -0.05) is 43.3 Å². The Morgan fingerprint density at radius 2 is 1.91 bits per heavy atom. The van der Waals surface area contributed by atoms with Crippen LogP contribution in [0.15, 0.2) is 47.8 Å². The first-order valence-corrected chi connectivity index (χ1v) is 6.77. The molecule has 1 heterocycles. The Balaban J connectivity index is 2.84. The molecule has 0 spiro atoms. The molecule has 2 rings (SSSR count). The van der Waals surface area contributed by atoms with E-state index in [0.29, 0.717) is 5.56 Å². The van der Waals surface area contributed by atoms with Crippen LogP contribution in [0.2, 0.25) is 0 Å². The van der Waals surface area contributed by atoms with Crippen molar-refractivity contribution in [2.24, 2.45) is 0 Å². The number of hydrogen-bond donors (Lipinski definition) is 0. The molecular weight excluding hydrogens is 293 g/mol. The second-order valence-electron chi connectivity index (χ2n) is 4.68. The van der Waals surface area contributed by atoms with Gasteiger partial charge >= 0.3 is 6.18 Å². The largest absolute Gasteiger partial charge is 0.433 e. The number of nitrogens with zero attached hydrogens (tertiary/aromatic N) is 2. The molecule has 0 saturated heterocycles. The Morgan fingerprint density at radius 3 is 2.41 bits per heavy atom. The van der Waals surface area contributed by atoms with Gasteiger partial charge in [0.1, 0.15) is 5.82 Å². The predicted molar refractivity (Wildman–Crippen MR) is 78.5 cm³/mol. The summed E-state index contributed by atoms with van der Waals surface area (Å²) in [5.74, 6) is -0.00461. The lowest BCUT2D eigenvalue weighted by molar-refractivity contribution is -0.142. The molecular formula is C16H15F3N2O. The predicted octanol–water partition coefficient (Wildman–Crippen LogP) is 3.68. The van der Waals surface area contributed by atoms with E-state index in [0.717, 1.165) is 0 Å². The van der Waals surface area contributed by atoms with E-state index >= 15 is 0 Å². The first-order chi connectivity index (χ1) is 10.4. The Morgan fingerprint density at radius 1 is 1.27 bits per heavy atom. The van der Waals surface area contributed by atoms with Crippen LogP contribution in [0.5, 0.6) is 0 Å². The third-order valence-electron chi connectivity index (χ3n) is 3.23. The molecule has 22 heavy (non-hydrogen) atoms. The molecule has 6 heteroatoms. The van der Waals surface area contributed by atoms with Crippen LogP contribution in [-0.4, -0.2) is 9.55 Å². The Labute approximate surface area is 125 Å². The van der Waals surface area contributed by atoms with E-state index in [-0.39, 0.29) is 24.4 Å². The van der Waals surface area contributed by atoms with Crippen LogP contribution in [0.4, 0.5) is 13.2 Å². The van der Waals surface area contributed by atoms with Gasteiger partial charge in [0.2, 0.25) is 0 Å². The molecule has 0 aliphatic rings. The SMILES string of the molecule is C=CCn1c(-c2ccccc2)nc(C(F)(F)F)c(CC)c1=O. The summed E-state index contributed by atoms with van der Waals surface area (Å²) in [6.45, 7) is 5.16. The van der Waals surface area contributed by atoms with Crippen LogP contribution in [0, 0.1) is 0 Å². The van der Waals surface area contributed by atoms with Crippen molar-refractivity contribution >= 4 is 0 Å². The molecule has 0 radical (unpaired) electrons. The molecule has 0 unspecified atom stereocenters. The molecule has 0 N–H and O–H groups in total. The lowest BCUT2D eigenvalue weighted by atomic mass is 10.1. The molecule has 0 amide bonds. The van der Waals surface area contributed by atoms with Gasteiger partial charge in [-0.15, -0.1) is 6.58 Å². The fourth-order valence-electron chi connectivity index (χ4n) is 2.25. The second-order valence-corrected chi connectivity index (χ2v) is 4.68. The van der Waals surface area contributed by atoms with Crippen molar-refractivity contribution in [3.8, 4) is 11.4 Å². The summed E-state index contributed by atoms with van der Waals surface area (Å²) in [6, 6.07) is 8.34. The Kier molecular flexibility index (Phi) is 4.49. The summed E-state index contributed by atoms with van der Waals surface area (Å²) in [4.78, 5) is 16.2. The van der Waals surface area contributed by atoms with E-state index in [9.17, 15) is 18.0 Å². The summed E-state index contributed by atoms with van der Waals surface area (Å²) >= 11 is 0. The van der Waals surface area contributed by atoms with Gasteiger partial charge in [-0.05, 0) is 6.42 Å². The van der Waals surface area contributed by atoms with Crippen molar-refractivity contribution in [3.05, 3.63) is 64.6 Å². The fourth-order valence-corrected chi connectivity index (χ4v) is 2.25. The van der Waals surface area contributed by atoms with E-state index in [4.69, 9.17) is 0 Å². The van der Waals surface area contributed by atoms with Crippen molar-refractivity contribution in [1.82, 2.24) is 9.55 Å². The van der Waals surface area contributed by atoms with Crippen molar-refractivity contribution < 1.29 is 13.2 Å². The molecule has 0 atom stereocenters. The highest BCUT2D eigenvalue weighted by atomic mass is 19.4. The minimum Gasteiger partial charge on any atom is -0.289 e. The number of rotatable bonds is 4. The van der Waals surface area contributed by atoms with E-state index < -0.39 is 17.4 Å². The van der Waals surface area contributed by atoms with E-state index in [1.807, 2.05) is 0 Å². The molecule has 0 bridgehead atoms. The van der Waals surface area contributed by atoms with E-state index in [2.05, 4.69) is 11.6 Å². The average Bonchev–Trinajstić information content (AvgIpc) is 2.48. The van der Waals surface area contributed by atoms with Gasteiger partial charge in [-0.3, -0.25) is 9.36 Å². The standard InChI is InChI=1S/C16H15F3N2O/c1-3-10-21-14(11-8-6-5-7-9-11)20-13(16(17,18)19)12(4-2)15(21)22/h3,5-9H,1,4,10H2,2H3. The van der Waals surface area contributed by atoms with Gasteiger partial charge in [-0.2, -0.15) is 13.2 Å². The molecule has 0 aliphatic heterocycles. The Hall–Kier alpha value is -2.37. The van der Waals surface area contributed by atoms with Crippen molar-refractivity contribution in [2.75, 3.05) is 0 Å². The minimum atomic E-state index is -4.67. The lowest BCUT2D eigenvalue weighted by Gasteiger charge is -2.17. The van der Waals surface area contributed by atoms with Crippen LogP contribution in [0.3, 0.4) is 0 Å². The highest BCUT2D eigenvalue weighted by molar-refractivity contribution is 5.56. The molecule has 2 aromatic rings. The number of allylic oxidation sites excluding steroid dienone is 1. The molecule has 0 saturated carbocycles. The normalized spacial score (nSPS) is 11.5. The summed E-state index contributed by atoms with van der Waals surface area (Å²) in [5, 5.41) is 0. The van der Waals surface area contributed by atoms with Gasteiger partial charge in [0.25, 0.3) is 5.56 Å². The van der Waals surface area contributed by atoms with Gasteiger partial charge < -0.3 is 0 Å². The van der Waals surface area contributed by atoms with Gasteiger partial charge in [-0.25, -0.2) is 4.98 Å². The summed E-state index contributed by atoms with van der Waals surface area (Å²) in [7, 11) is 0. The highest BCUT2D eigenvalue weighted by Crippen LogP contribution is 2.31. The summed E-state index contributed by atoms with van der Waals surface area (Å²) in [5.41, 5.74) is -1.66. The maximum atomic E-state index is 13.2. The van der Waals surface area contributed by atoms with Crippen molar-refractivity contribution in [2.45, 2.75) is 26.1 Å². The average molecular weight is 308 g/mol. The van der Waals surface area contributed by atoms with E-state index in [1.54, 1.807) is 30.3 Å². The van der Waals surface area contributed by atoms with Crippen LogP contribution < -0.4 is 5.56 Å². The Bertz CT molecular complexity index is 734. The first-order valence-electron chi connectivity index (χ1n) is 6.77. The topological polar surface area (TPSA) is 34.9 Å². The summed E-state index contributed by atoms with van der Waals surface area (Å²) in [6.07, 6.45) is -3.24. The van der Waals surface area contributed by atoms with Crippen LogP contribution >= 0.6 is 0 Å². The number of hydrogen-bond acceptors (Lipinski definition) is 2. The monoisotopic (exact) mass is 308 g/mol. The zero-order valence-electron chi connectivity index (χ0n) is 12.0. The molecule has 1 aromatic heterocycles. The first kappa shape index (κ1) is 16.0. The number of benzene rings is 1. The summed E-state index contributed by atoms with van der Waals surface area (Å²) < 4.78 is 40.8. The second kappa shape index (κ2) is 6.17. The molecule has 0 fully saturated rings. The number of aromatic nitrogens is 2. The van der Waals surface area contributed by atoms with Crippen LogP contribution in [0.25, 0.3) is 11.4 Å². The zero-order valence-corrected chi connectivity index (χ0v) is 12.0. The van der Waals surface area contributed by atoms with E-state index in [1.165, 1.54) is 17.6 Å². The third-order valence-corrected chi connectivity index (χ3v) is 3.23. The molecule has 0 aliphatic carbocycles. The third kappa shape index (κ3) is 2.95. The van der Waals surface area contributed by atoms with Crippen molar-refractivity contribution in [1.29, 1.82) is 0 Å². The highest BCUT2D eigenvalue weighted by Gasteiger charge is 2.37.